The first-order valence-electron chi connectivity index (χ1n) is 7.24. The van der Waals surface area contributed by atoms with Crippen LogP contribution >= 0.6 is 0 Å². The number of carbonyl (C=O) groups is 2. The molecule has 0 spiro atoms. The molecule has 1 aromatic carbocycles. The number of anilines is 1. The van der Waals surface area contributed by atoms with Crippen LogP contribution in [0.4, 0.5) is 5.69 Å². The first kappa shape index (κ1) is 20.5. The summed E-state index contributed by atoms with van der Waals surface area (Å²) in [6.07, 6.45) is 5.66. The molecule has 0 heterocycles. The van der Waals surface area contributed by atoms with Crippen molar-refractivity contribution in [3.63, 3.8) is 0 Å². The van der Waals surface area contributed by atoms with Crippen molar-refractivity contribution in [3.8, 4) is 12.3 Å². The number of aryl methyl sites for hydroxylation is 2. The van der Waals surface area contributed by atoms with Gasteiger partial charge in [-0.2, -0.15) is 0 Å². The third-order valence-electron chi connectivity index (χ3n) is 2.95. The van der Waals surface area contributed by atoms with Gasteiger partial charge < -0.3 is 20.9 Å². The van der Waals surface area contributed by atoms with Gasteiger partial charge in [0.1, 0.15) is 6.04 Å². The Labute approximate surface area is 137 Å². The van der Waals surface area contributed by atoms with Crippen LogP contribution in [0.1, 0.15) is 25.0 Å². The third kappa shape index (κ3) is 7.88. The molecule has 4 N–H and O–H groups in total. The normalized spacial score (nSPS) is 10.6. The topological polar surface area (TPSA) is 102 Å². The highest BCUT2D eigenvalue weighted by Gasteiger charge is 2.13. The number of carboxylic acid groups (broad SMARTS) is 1. The molecule has 0 bridgehead atoms. The summed E-state index contributed by atoms with van der Waals surface area (Å²) in [4.78, 5) is 20.9. The average molecular weight is 320 g/mol. The van der Waals surface area contributed by atoms with E-state index in [2.05, 4.69) is 22.9 Å². The minimum Gasteiger partial charge on any atom is -0.480 e. The second-order valence-electron chi connectivity index (χ2n) is 4.74. The summed E-state index contributed by atoms with van der Waals surface area (Å²) in [5.74, 6) is 0.832. The fraction of sp³-hybridized carbons (Fsp3) is 0.412. The van der Waals surface area contributed by atoms with Gasteiger partial charge in [-0.15, -0.1) is 6.42 Å². The smallest absolute Gasteiger partial charge is 0.325 e. The number of rotatable bonds is 6. The van der Waals surface area contributed by atoms with Crippen LogP contribution in [0.3, 0.4) is 0 Å². The molecule has 0 unspecified atom stereocenters. The Bertz CT molecular complexity index is 564. The maximum Gasteiger partial charge on any atom is 0.325 e. The number of nitrogens with one attached hydrogen (secondary N) is 1. The molecule has 0 radical (unpaired) electrons. The Balaban J connectivity index is 0.000000515. The van der Waals surface area contributed by atoms with Gasteiger partial charge in [-0.1, -0.05) is 31.0 Å². The maximum absolute atomic E-state index is 10.8. The largest absolute Gasteiger partial charge is 0.480 e. The molecule has 1 aromatic rings. The van der Waals surface area contributed by atoms with Gasteiger partial charge in [0.2, 0.25) is 0 Å². The molecular weight excluding hydrogens is 296 g/mol. The fourth-order valence-electron chi connectivity index (χ4n) is 1.69. The van der Waals surface area contributed by atoms with Crippen molar-refractivity contribution in [2.45, 2.75) is 33.2 Å². The van der Waals surface area contributed by atoms with Crippen LogP contribution in [0, 0.1) is 19.3 Å². The second kappa shape index (κ2) is 11.1. The molecule has 6 heteroatoms. The van der Waals surface area contributed by atoms with E-state index >= 15 is 0 Å². The summed E-state index contributed by atoms with van der Waals surface area (Å²) in [7, 11) is 0. The van der Waals surface area contributed by atoms with Crippen LogP contribution < -0.4 is 11.1 Å². The molecule has 0 fully saturated rings. The highest BCUT2D eigenvalue weighted by atomic mass is 16.5. The molecule has 1 atom stereocenters. The summed E-state index contributed by atoms with van der Waals surface area (Å²) in [5, 5.41) is 11.9. The number of nitrogens with two attached hydrogens (primary N) is 1. The van der Waals surface area contributed by atoms with Gasteiger partial charge in [-0.25, -0.2) is 0 Å². The van der Waals surface area contributed by atoms with Crippen LogP contribution in [-0.2, 0) is 20.7 Å². The van der Waals surface area contributed by atoms with E-state index in [1.807, 2.05) is 25.1 Å². The molecule has 0 aliphatic rings. The van der Waals surface area contributed by atoms with Crippen molar-refractivity contribution < 1.29 is 19.4 Å². The lowest BCUT2D eigenvalue weighted by atomic mass is 10.1. The van der Waals surface area contributed by atoms with Crippen LogP contribution in [-0.4, -0.2) is 36.2 Å². The van der Waals surface area contributed by atoms with Gasteiger partial charge in [0, 0.05) is 5.69 Å². The van der Waals surface area contributed by atoms with Gasteiger partial charge in [-0.05, 0) is 31.4 Å². The lowest BCUT2D eigenvalue weighted by Crippen LogP contribution is -2.26. The molecule has 0 saturated heterocycles. The fourth-order valence-corrected chi connectivity index (χ4v) is 1.69. The molecular formula is C17H24N2O4. The molecule has 126 valence electrons. The van der Waals surface area contributed by atoms with E-state index in [0.29, 0.717) is 0 Å². The Hall–Kier alpha value is -2.52. The van der Waals surface area contributed by atoms with E-state index in [0.717, 1.165) is 23.2 Å². The summed E-state index contributed by atoms with van der Waals surface area (Å²) in [6, 6.07) is 5.43. The molecule has 23 heavy (non-hydrogen) atoms. The summed E-state index contributed by atoms with van der Waals surface area (Å²) >= 11 is 0. The third-order valence-corrected chi connectivity index (χ3v) is 2.95. The average Bonchev–Trinajstić information content (AvgIpc) is 2.54. The Morgan fingerprint density at radius 1 is 1.48 bits per heavy atom. The van der Waals surface area contributed by atoms with Crippen molar-refractivity contribution in [2.24, 2.45) is 5.73 Å². The molecule has 0 aromatic heterocycles. The predicted molar refractivity (Wildman–Crippen MR) is 90.1 cm³/mol. The standard InChI is InChI=1S/C12H17NO2.C5H7NO2/c1-4-10-7-5-6-8(2)11(10)13-9(3)12(14)15;1-2-3-8-5(7)4-6/h5-7,9,13H,4H2,1-3H3,(H,14,15);1H,3-4,6H2/t9-;/m0./s1. The number of benzene rings is 1. The zero-order valence-corrected chi connectivity index (χ0v) is 13.8. The molecule has 0 aliphatic heterocycles. The second-order valence-corrected chi connectivity index (χ2v) is 4.74. The molecule has 6 nitrogen and oxygen atoms in total. The first-order chi connectivity index (χ1) is 10.9. The van der Waals surface area contributed by atoms with Crippen LogP contribution in [0.5, 0.6) is 0 Å². The number of para-hydroxylation sites is 1. The van der Waals surface area contributed by atoms with Crippen molar-refractivity contribution in [3.05, 3.63) is 29.3 Å². The van der Waals surface area contributed by atoms with Crippen molar-refractivity contribution in [1.82, 2.24) is 0 Å². The van der Waals surface area contributed by atoms with Gasteiger partial charge in [0.25, 0.3) is 0 Å². The van der Waals surface area contributed by atoms with Crippen molar-refractivity contribution in [2.75, 3.05) is 18.5 Å². The van der Waals surface area contributed by atoms with Crippen molar-refractivity contribution in [1.29, 1.82) is 0 Å². The Kier molecular flexibility index (Phi) is 9.88. The van der Waals surface area contributed by atoms with Crippen molar-refractivity contribution >= 4 is 17.6 Å². The minimum absolute atomic E-state index is 0.00995. The van der Waals surface area contributed by atoms with Crippen LogP contribution in [0.2, 0.25) is 0 Å². The lowest BCUT2D eigenvalue weighted by molar-refractivity contribution is -0.140. The summed E-state index contributed by atoms with van der Waals surface area (Å²) in [5.41, 5.74) is 8.06. The lowest BCUT2D eigenvalue weighted by Gasteiger charge is -2.16. The number of aliphatic carboxylic acids is 1. The van der Waals surface area contributed by atoms with E-state index in [4.69, 9.17) is 17.3 Å². The highest BCUT2D eigenvalue weighted by Crippen LogP contribution is 2.21. The van der Waals surface area contributed by atoms with Gasteiger partial charge in [-0.3, -0.25) is 9.59 Å². The van der Waals surface area contributed by atoms with E-state index in [1.54, 1.807) is 6.92 Å². The molecule has 0 amide bonds. The number of esters is 1. The molecule has 1 rings (SSSR count). The van der Waals surface area contributed by atoms with Crippen LogP contribution in [0.15, 0.2) is 18.2 Å². The Morgan fingerprint density at radius 3 is 2.61 bits per heavy atom. The zero-order valence-electron chi connectivity index (χ0n) is 13.8. The summed E-state index contributed by atoms with van der Waals surface area (Å²) in [6.45, 7) is 5.59. The van der Waals surface area contributed by atoms with E-state index < -0.39 is 18.0 Å². The monoisotopic (exact) mass is 320 g/mol. The van der Waals surface area contributed by atoms with Gasteiger partial charge >= 0.3 is 11.9 Å². The zero-order chi connectivity index (χ0) is 17.8. The molecule has 0 saturated carbocycles. The van der Waals surface area contributed by atoms with E-state index in [9.17, 15) is 9.59 Å². The molecule has 0 aliphatic carbocycles. The first-order valence-corrected chi connectivity index (χ1v) is 7.24. The van der Waals surface area contributed by atoms with E-state index in [1.165, 1.54) is 0 Å². The van der Waals surface area contributed by atoms with Gasteiger partial charge in [0.15, 0.2) is 6.61 Å². The quantitative estimate of drug-likeness (QED) is 0.543. The maximum atomic E-state index is 10.8. The number of ether oxygens (including phenoxy) is 1. The van der Waals surface area contributed by atoms with Gasteiger partial charge in [0.05, 0.1) is 6.54 Å². The number of hydrogen-bond acceptors (Lipinski definition) is 5. The Morgan fingerprint density at radius 2 is 2.13 bits per heavy atom. The number of carbonyl (C=O) groups excluding carboxylic acids is 1. The number of hydrogen-bond donors (Lipinski definition) is 3. The van der Waals surface area contributed by atoms with Crippen LogP contribution in [0.25, 0.3) is 0 Å². The summed E-state index contributed by atoms with van der Waals surface area (Å²) < 4.78 is 4.34. The predicted octanol–water partition coefficient (Wildman–Crippen LogP) is 1.56. The minimum atomic E-state index is -0.833. The highest BCUT2D eigenvalue weighted by molar-refractivity contribution is 5.77. The van der Waals surface area contributed by atoms with E-state index in [-0.39, 0.29) is 13.2 Å². The SMILES string of the molecule is C#CCOC(=O)CN.CCc1cccc(C)c1N[C@@H](C)C(=O)O. The number of terminal acetylenes is 1. The number of carboxylic acids is 1.